The fourth-order valence-corrected chi connectivity index (χ4v) is 1.27. The van der Waals surface area contributed by atoms with Crippen LogP contribution in [0.1, 0.15) is 36.7 Å². The molecular formula is C13H17F2NO. The third kappa shape index (κ3) is 3.02. The van der Waals surface area contributed by atoms with Crippen molar-refractivity contribution in [1.82, 2.24) is 5.32 Å². The molecule has 2 nitrogen and oxygen atoms in total. The van der Waals surface area contributed by atoms with E-state index in [0.29, 0.717) is 0 Å². The van der Waals surface area contributed by atoms with E-state index in [0.717, 1.165) is 0 Å². The van der Waals surface area contributed by atoms with Crippen LogP contribution in [0.25, 0.3) is 0 Å². The summed E-state index contributed by atoms with van der Waals surface area (Å²) in [6.45, 7) is 7.16. The summed E-state index contributed by atoms with van der Waals surface area (Å²) in [7, 11) is 0. The van der Waals surface area contributed by atoms with E-state index in [1.165, 1.54) is 19.1 Å². The molecule has 0 spiro atoms. The highest BCUT2D eigenvalue weighted by Crippen LogP contribution is 2.16. The lowest BCUT2D eigenvalue weighted by Crippen LogP contribution is -2.36. The normalized spacial score (nSPS) is 12.6. The first-order valence-electron chi connectivity index (χ1n) is 5.60. The molecule has 1 aromatic carbocycles. The van der Waals surface area contributed by atoms with Crippen molar-refractivity contribution >= 4 is 5.91 Å². The zero-order valence-electron chi connectivity index (χ0n) is 10.5. The van der Waals surface area contributed by atoms with Crippen LogP contribution < -0.4 is 5.32 Å². The van der Waals surface area contributed by atoms with E-state index in [1.54, 1.807) is 0 Å². The highest BCUT2D eigenvalue weighted by Gasteiger charge is 2.19. The summed E-state index contributed by atoms with van der Waals surface area (Å²) in [6, 6.07) is 2.61. The summed E-state index contributed by atoms with van der Waals surface area (Å²) < 4.78 is 26.8. The highest BCUT2D eigenvalue weighted by atomic mass is 19.2. The average molecular weight is 241 g/mol. The van der Waals surface area contributed by atoms with E-state index in [9.17, 15) is 13.6 Å². The Morgan fingerprint density at radius 2 is 1.76 bits per heavy atom. The molecular weight excluding hydrogens is 224 g/mol. The Labute approximate surface area is 100 Å². The molecule has 0 radical (unpaired) electrons. The quantitative estimate of drug-likeness (QED) is 0.865. The Morgan fingerprint density at radius 3 is 2.29 bits per heavy atom. The van der Waals surface area contributed by atoms with E-state index in [1.807, 2.05) is 20.8 Å². The molecule has 0 aromatic heterocycles. The van der Waals surface area contributed by atoms with Crippen molar-refractivity contribution in [3.8, 4) is 0 Å². The number of nitrogens with one attached hydrogen (secondary N) is 1. The van der Waals surface area contributed by atoms with Gasteiger partial charge in [0.05, 0.1) is 5.56 Å². The van der Waals surface area contributed by atoms with Crippen molar-refractivity contribution in [2.75, 3.05) is 0 Å². The van der Waals surface area contributed by atoms with Gasteiger partial charge in [0.15, 0.2) is 11.6 Å². The summed E-state index contributed by atoms with van der Waals surface area (Å²) in [5, 5.41) is 2.64. The van der Waals surface area contributed by atoms with Gasteiger partial charge in [0.1, 0.15) is 0 Å². The summed E-state index contributed by atoms with van der Waals surface area (Å²) >= 11 is 0. The van der Waals surface area contributed by atoms with E-state index >= 15 is 0 Å². The standard InChI is InChI=1S/C13H17F2NO/c1-7(2)9(4)16-13(17)10-6-5-8(3)11(14)12(10)15/h5-7,9H,1-4H3,(H,16,17)/t9-/m0/s1. The number of hydrogen-bond acceptors (Lipinski definition) is 1. The molecule has 0 aliphatic heterocycles. The maximum atomic E-state index is 13.5. The van der Waals surface area contributed by atoms with Crippen LogP contribution >= 0.6 is 0 Å². The SMILES string of the molecule is Cc1ccc(C(=O)N[C@@H](C)C(C)C)c(F)c1F. The molecule has 0 bridgehead atoms. The number of aryl methyl sites for hydroxylation is 1. The summed E-state index contributed by atoms with van der Waals surface area (Å²) in [5.74, 6) is -2.40. The molecule has 94 valence electrons. The molecule has 1 amide bonds. The zero-order chi connectivity index (χ0) is 13.2. The summed E-state index contributed by atoms with van der Waals surface area (Å²) in [5.41, 5.74) is -0.0587. The summed E-state index contributed by atoms with van der Waals surface area (Å²) in [6.07, 6.45) is 0. The maximum absolute atomic E-state index is 13.5. The third-order valence-electron chi connectivity index (χ3n) is 2.88. The van der Waals surface area contributed by atoms with Crippen LogP contribution in [-0.4, -0.2) is 11.9 Å². The number of halogens is 2. The van der Waals surface area contributed by atoms with Crippen LogP contribution in [0.4, 0.5) is 8.78 Å². The molecule has 0 saturated heterocycles. The molecule has 0 fully saturated rings. The predicted octanol–water partition coefficient (Wildman–Crippen LogP) is 3.05. The van der Waals surface area contributed by atoms with Crippen molar-refractivity contribution in [1.29, 1.82) is 0 Å². The minimum Gasteiger partial charge on any atom is -0.349 e. The number of carbonyl (C=O) groups excluding carboxylic acids is 1. The van der Waals surface area contributed by atoms with Crippen LogP contribution in [0.5, 0.6) is 0 Å². The minimum atomic E-state index is -1.08. The lowest BCUT2D eigenvalue weighted by atomic mass is 10.1. The smallest absolute Gasteiger partial charge is 0.254 e. The fraction of sp³-hybridized carbons (Fsp3) is 0.462. The monoisotopic (exact) mass is 241 g/mol. The van der Waals surface area contributed by atoms with Gasteiger partial charge in [0, 0.05) is 6.04 Å². The molecule has 0 unspecified atom stereocenters. The van der Waals surface area contributed by atoms with E-state index in [-0.39, 0.29) is 23.1 Å². The van der Waals surface area contributed by atoms with Crippen molar-refractivity contribution in [3.05, 3.63) is 34.9 Å². The predicted molar refractivity (Wildman–Crippen MR) is 62.9 cm³/mol. The topological polar surface area (TPSA) is 29.1 Å². The zero-order valence-corrected chi connectivity index (χ0v) is 10.5. The molecule has 1 atom stereocenters. The molecule has 0 saturated carbocycles. The van der Waals surface area contributed by atoms with Gasteiger partial charge in [-0.15, -0.1) is 0 Å². The van der Waals surface area contributed by atoms with Crippen LogP contribution in [0, 0.1) is 24.5 Å². The lowest BCUT2D eigenvalue weighted by molar-refractivity contribution is 0.0925. The van der Waals surface area contributed by atoms with Gasteiger partial charge in [-0.2, -0.15) is 0 Å². The van der Waals surface area contributed by atoms with Crippen molar-refractivity contribution < 1.29 is 13.6 Å². The van der Waals surface area contributed by atoms with Gasteiger partial charge in [0.25, 0.3) is 5.91 Å². The van der Waals surface area contributed by atoms with Gasteiger partial charge in [-0.3, -0.25) is 4.79 Å². The van der Waals surface area contributed by atoms with Gasteiger partial charge in [-0.05, 0) is 31.4 Å². The van der Waals surface area contributed by atoms with Crippen LogP contribution in [-0.2, 0) is 0 Å². The second-order valence-corrected chi connectivity index (χ2v) is 4.56. The van der Waals surface area contributed by atoms with Gasteiger partial charge >= 0.3 is 0 Å². The number of hydrogen-bond donors (Lipinski definition) is 1. The maximum Gasteiger partial charge on any atom is 0.254 e. The highest BCUT2D eigenvalue weighted by molar-refractivity contribution is 5.94. The van der Waals surface area contributed by atoms with Crippen molar-refractivity contribution in [3.63, 3.8) is 0 Å². The Bertz CT molecular complexity index is 430. The molecule has 1 rings (SSSR count). The Balaban J connectivity index is 2.94. The molecule has 17 heavy (non-hydrogen) atoms. The fourth-order valence-electron chi connectivity index (χ4n) is 1.27. The molecule has 0 aliphatic carbocycles. The molecule has 0 heterocycles. The van der Waals surface area contributed by atoms with Gasteiger partial charge < -0.3 is 5.32 Å². The van der Waals surface area contributed by atoms with Crippen molar-refractivity contribution in [2.45, 2.75) is 33.7 Å². The van der Waals surface area contributed by atoms with E-state index in [2.05, 4.69) is 5.32 Å². The first kappa shape index (κ1) is 13.6. The van der Waals surface area contributed by atoms with Crippen LogP contribution in [0.3, 0.4) is 0 Å². The van der Waals surface area contributed by atoms with Gasteiger partial charge in [-0.25, -0.2) is 8.78 Å². The van der Waals surface area contributed by atoms with E-state index in [4.69, 9.17) is 0 Å². The van der Waals surface area contributed by atoms with Gasteiger partial charge in [0.2, 0.25) is 0 Å². The van der Waals surface area contributed by atoms with Crippen molar-refractivity contribution in [2.24, 2.45) is 5.92 Å². The second kappa shape index (κ2) is 5.25. The Kier molecular flexibility index (Phi) is 4.21. The second-order valence-electron chi connectivity index (χ2n) is 4.56. The number of carbonyl (C=O) groups is 1. The molecule has 1 aromatic rings. The van der Waals surface area contributed by atoms with Crippen LogP contribution in [0.15, 0.2) is 12.1 Å². The number of amides is 1. The first-order chi connectivity index (χ1) is 7.84. The minimum absolute atomic E-state index is 0.0914. The molecule has 4 heteroatoms. The Hall–Kier alpha value is -1.45. The molecule has 0 aliphatic rings. The summed E-state index contributed by atoms with van der Waals surface area (Å²) in [4.78, 5) is 11.7. The third-order valence-corrected chi connectivity index (χ3v) is 2.88. The van der Waals surface area contributed by atoms with E-state index < -0.39 is 17.5 Å². The number of rotatable bonds is 3. The lowest BCUT2D eigenvalue weighted by Gasteiger charge is -2.17. The number of benzene rings is 1. The first-order valence-corrected chi connectivity index (χ1v) is 5.60. The van der Waals surface area contributed by atoms with Crippen LogP contribution in [0.2, 0.25) is 0 Å². The largest absolute Gasteiger partial charge is 0.349 e. The average Bonchev–Trinajstić information content (AvgIpc) is 2.25. The Morgan fingerprint density at radius 1 is 1.18 bits per heavy atom. The van der Waals surface area contributed by atoms with Gasteiger partial charge in [-0.1, -0.05) is 19.9 Å². The molecule has 1 N–H and O–H groups in total.